The van der Waals surface area contributed by atoms with Crippen LogP contribution in [0.1, 0.15) is 21.7 Å². The second kappa shape index (κ2) is 5.42. The van der Waals surface area contributed by atoms with Gasteiger partial charge in [-0.2, -0.15) is 0 Å². The Bertz CT molecular complexity index is 920. The van der Waals surface area contributed by atoms with Crippen LogP contribution in [0.5, 0.6) is 0 Å². The van der Waals surface area contributed by atoms with E-state index >= 15 is 0 Å². The first-order chi connectivity index (χ1) is 11.1. The topological polar surface area (TPSA) is 63.9 Å². The first-order valence-electron chi connectivity index (χ1n) is 7.31. The molecule has 0 unspecified atom stereocenters. The molecule has 1 amide bonds. The summed E-state index contributed by atoms with van der Waals surface area (Å²) in [6.45, 7) is 1.21. The Balaban J connectivity index is 1.67. The highest BCUT2D eigenvalue weighted by Crippen LogP contribution is 2.24. The van der Waals surface area contributed by atoms with Gasteiger partial charge in [-0.05, 0) is 33.6 Å². The van der Waals surface area contributed by atoms with Gasteiger partial charge in [0.05, 0.1) is 6.33 Å². The molecule has 0 aromatic carbocycles. The van der Waals surface area contributed by atoms with Crippen molar-refractivity contribution in [1.82, 2.24) is 24.4 Å². The SMILES string of the molecule is Cn1cnc(C(=O)N2CCc3nc4ncc(Br)cc4cc3C2)c1. The molecule has 0 atom stereocenters. The van der Waals surface area contributed by atoms with Crippen LogP contribution in [0.2, 0.25) is 0 Å². The standard InChI is InChI=1S/C16H14BrN5O/c1-21-8-14(19-9-21)16(23)22-3-2-13-11(7-22)4-10-5-12(17)6-18-15(10)20-13/h4-6,8-9H,2-3,7H2,1H3. The second-order valence-electron chi connectivity index (χ2n) is 5.70. The van der Waals surface area contributed by atoms with Gasteiger partial charge in [0.1, 0.15) is 5.69 Å². The van der Waals surface area contributed by atoms with Crippen molar-refractivity contribution in [1.29, 1.82) is 0 Å². The Hall–Kier alpha value is -2.28. The van der Waals surface area contributed by atoms with Crippen molar-refractivity contribution >= 4 is 32.9 Å². The van der Waals surface area contributed by atoms with Crippen LogP contribution in [-0.2, 0) is 20.0 Å². The zero-order valence-electron chi connectivity index (χ0n) is 12.5. The fourth-order valence-corrected chi connectivity index (χ4v) is 3.20. The van der Waals surface area contributed by atoms with Crippen LogP contribution in [0.15, 0.2) is 35.3 Å². The van der Waals surface area contributed by atoms with E-state index in [2.05, 4.69) is 36.9 Å². The number of amides is 1. The molecule has 1 aliphatic heterocycles. The third kappa shape index (κ3) is 2.61. The second-order valence-corrected chi connectivity index (χ2v) is 6.61. The van der Waals surface area contributed by atoms with Gasteiger partial charge in [0.15, 0.2) is 5.65 Å². The van der Waals surface area contributed by atoms with Crippen LogP contribution < -0.4 is 0 Å². The predicted octanol–water partition coefficient (Wildman–Crippen LogP) is 2.32. The lowest BCUT2D eigenvalue weighted by molar-refractivity contribution is 0.0728. The number of imidazole rings is 1. The molecule has 3 aromatic heterocycles. The highest BCUT2D eigenvalue weighted by molar-refractivity contribution is 9.10. The molecule has 4 heterocycles. The van der Waals surface area contributed by atoms with Gasteiger partial charge in [-0.3, -0.25) is 4.79 Å². The number of carbonyl (C=O) groups is 1. The van der Waals surface area contributed by atoms with Crippen LogP contribution in [0.3, 0.4) is 0 Å². The van der Waals surface area contributed by atoms with E-state index in [0.717, 1.165) is 33.2 Å². The first-order valence-corrected chi connectivity index (χ1v) is 8.11. The Morgan fingerprint density at radius 3 is 2.96 bits per heavy atom. The molecule has 1 aliphatic rings. The molecule has 6 nitrogen and oxygen atoms in total. The summed E-state index contributed by atoms with van der Waals surface area (Å²) in [4.78, 5) is 27.5. The van der Waals surface area contributed by atoms with Crippen molar-refractivity contribution in [3.63, 3.8) is 0 Å². The first kappa shape index (κ1) is 14.3. The van der Waals surface area contributed by atoms with Gasteiger partial charge < -0.3 is 9.47 Å². The molecule has 0 aliphatic carbocycles. The normalized spacial score (nSPS) is 14.1. The minimum atomic E-state index is -0.0382. The molecule has 0 bridgehead atoms. The molecule has 3 aromatic rings. The molecule has 0 saturated carbocycles. The van der Waals surface area contributed by atoms with Gasteiger partial charge in [-0.15, -0.1) is 0 Å². The van der Waals surface area contributed by atoms with Gasteiger partial charge in [-0.25, -0.2) is 15.0 Å². The predicted molar refractivity (Wildman–Crippen MR) is 88.9 cm³/mol. The van der Waals surface area contributed by atoms with Crippen LogP contribution in [0.4, 0.5) is 0 Å². The number of fused-ring (bicyclic) bond motifs is 2. The van der Waals surface area contributed by atoms with E-state index in [9.17, 15) is 4.79 Å². The molecule has 0 radical (unpaired) electrons. The maximum Gasteiger partial charge on any atom is 0.274 e. The lowest BCUT2D eigenvalue weighted by Crippen LogP contribution is -2.36. The maximum absolute atomic E-state index is 12.6. The quantitative estimate of drug-likeness (QED) is 0.658. The van der Waals surface area contributed by atoms with Crippen molar-refractivity contribution in [3.05, 3.63) is 52.3 Å². The minimum Gasteiger partial charge on any atom is -0.340 e. The summed E-state index contributed by atoms with van der Waals surface area (Å²) in [7, 11) is 1.86. The van der Waals surface area contributed by atoms with Crippen molar-refractivity contribution < 1.29 is 4.79 Å². The Labute approximate surface area is 141 Å². The van der Waals surface area contributed by atoms with E-state index in [0.29, 0.717) is 18.8 Å². The van der Waals surface area contributed by atoms with Gasteiger partial charge >= 0.3 is 0 Å². The number of aromatic nitrogens is 4. The molecule has 4 rings (SSSR count). The van der Waals surface area contributed by atoms with E-state index in [1.807, 2.05) is 18.0 Å². The molecule has 7 heteroatoms. The van der Waals surface area contributed by atoms with E-state index in [4.69, 9.17) is 0 Å². The number of hydrogen-bond acceptors (Lipinski definition) is 4. The number of pyridine rings is 2. The van der Waals surface area contributed by atoms with Gasteiger partial charge in [0.25, 0.3) is 5.91 Å². The zero-order chi connectivity index (χ0) is 16.0. The molecular formula is C16H14BrN5O. The van der Waals surface area contributed by atoms with Gasteiger partial charge in [0.2, 0.25) is 0 Å². The van der Waals surface area contributed by atoms with Crippen LogP contribution in [0, 0.1) is 0 Å². The summed E-state index contributed by atoms with van der Waals surface area (Å²) in [6, 6.07) is 4.07. The summed E-state index contributed by atoms with van der Waals surface area (Å²) < 4.78 is 2.70. The molecule has 0 saturated heterocycles. The highest BCUT2D eigenvalue weighted by atomic mass is 79.9. The summed E-state index contributed by atoms with van der Waals surface area (Å²) in [6.07, 6.45) is 5.88. The summed E-state index contributed by atoms with van der Waals surface area (Å²) in [5.74, 6) is -0.0382. The van der Waals surface area contributed by atoms with Crippen molar-refractivity contribution in [2.24, 2.45) is 7.05 Å². The van der Waals surface area contributed by atoms with Crippen LogP contribution in [0.25, 0.3) is 11.0 Å². The zero-order valence-corrected chi connectivity index (χ0v) is 14.1. The fourth-order valence-electron chi connectivity index (χ4n) is 2.86. The molecular weight excluding hydrogens is 358 g/mol. The average molecular weight is 372 g/mol. The number of halogens is 1. The van der Waals surface area contributed by atoms with E-state index in [1.165, 1.54) is 0 Å². The van der Waals surface area contributed by atoms with Gasteiger partial charge in [0, 0.05) is 54.5 Å². The van der Waals surface area contributed by atoms with Crippen molar-refractivity contribution in [2.75, 3.05) is 6.54 Å². The molecule has 0 fully saturated rings. The Kier molecular flexibility index (Phi) is 3.37. The number of aryl methyl sites for hydroxylation is 1. The van der Waals surface area contributed by atoms with Gasteiger partial charge in [-0.1, -0.05) is 0 Å². The van der Waals surface area contributed by atoms with E-state index in [1.54, 1.807) is 23.3 Å². The number of carbonyl (C=O) groups excluding carboxylic acids is 1. The number of nitrogens with zero attached hydrogens (tertiary/aromatic N) is 5. The smallest absolute Gasteiger partial charge is 0.274 e. The Morgan fingerprint density at radius 1 is 1.30 bits per heavy atom. The number of hydrogen-bond donors (Lipinski definition) is 0. The average Bonchev–Trinajstić information content (AvgIpc) is 2.98. The van der Waals surface area contributed by atoms with Crippen LogP contribution >= 0.6 is 15.9 Å². The molecule has 23 heavy (non-hydrogen) atoms. The monoisotopic (exact) mass is 371 g/mol. The highest BCUT2D eigenvalue weighted by Gasteiger charge is 2.24. The fraction of sp³-hybridized carbons (Fsp3) is 0.250. The number of rotatable bonds is 1. The summed E-state index contributed by atoms with van der Waals surface area (Å²) in [5.41, 5.74) is 3.33. The minimum absolute atomic E-state index is 0.0382. The van der Waals surface area contributed by atoms with Crippen LogP contribution in [-0.4, -0.2) is 36.9 Å². The molecule has 0 spiro atoms. The lowest BCUT2D eigenvalue weighted by atomic mass is 10.0. The summed E-state index contributed by atoms with van der Waals surface area (Å²) in [5, 5.41) is 0.977. The molecule has 116 valence electrons. The molecule has 0 N–H and O–H groups in total. The Morgan fingerprint density at radius 2 is 2.17 bits per heavy atom. The van der Waals surface area contributed by atoms with Crippen molar-refractivity contribution in [2.45, 2.75) is 13.0 Å². The summed E-state index contributed by atoms with van der Waals surface area (Å²) >= 11 is 3.43. The van der Waals surface area contributed by atoms with E-state index in [-0.39, 0.29) is 5.91 Å². The van der Waals surface area contributed by atoms with Crippen molar-refractivity contribution in [3.8, 4) is 0 Å². The third-order valence-corrected chi connectivity index (χ3v) is 4.43. The lowest BCUT2D eigenvalue weighted by Gasteiger charge is -2.27. The maximum atomic E-state index is 12.6. The van der Waals surface area contributed by atoms with E-state index < -0.39 is 0 Å². The third-order valence-electron chi connectivity index (χ3n) is 3.99. The largest absolute Gasteiger partial charge is 0.340 e.